The minimum absolute atomic E-state index is 0.0143. The molecule has 0 bridgehead atoms. The molecule has 35 heavy (non-hydrogen) atoms. The number of hydrogen-bond acceptors (Lipinski definition) is 9. The molecule has 0 radical (unpaired) electrons. The Morgan fingerprint density at radius 2 is 2.06 bits per heavy atom. The van der Waals surface area contributed by atoms with Crippen molar-refractivity contribution < 1.29 is 19.0 Å². The highest BCUT2D eigenvalue weighted by Crippen LogP contribution is 2.34. The molecule has 1 saturated carbocycles. The summed E-state index contributed by atoms with van der Waals surface area (Å²) in [5.74, 6) is -0.245. The zero-order valence-electron chi connectivity index (χ0n) is 19.1. The number of nitrogens with one attached hydrogen (secondary N) is 3. The average Bonchev–Trinajstić information content (AvgIpc) is 3.33. The fourth-order valence-electron chi connectivity index (χ4n) is 3.95. The average molecular weight is 481 g/mol. The lowest BCUT2D eigenvalue weighted by Crippen LogP contribution is -2.50. The first kappa shape index (κ1) is 23.7. The van der Waals surface area contributed by atoms with Gasteiger partial charge in [-0.1, -0.05) is 6.42 Å². The molecule has 12 nitrogen and oxygen atoms in total. The van der Waals surface area contributed by atoms with E-state index in [2.05, 4.69) is 36.1 Å². The smallest absolute Gasteiger partial charge is 0.404 e. The van der Waals surface area contributed by atoms with Gasteiger partial charge in [0.2, 0.25) is 5.88 Å². The predicted octanol–water partition coefficient (Wildman–Crippen LogP) is 3.06. The van der Waals surface area contributed by atoms with Gasteiger partial charge in [0.15, 0.2) is 17.5 Å². The molecular formula is C22H24FN9O3. The lowest BCUT2D eigenvalue weighted by atomic mass is 9.77. The summed E-state index contributed by atoms with van der Waals surface area (Å²) in [7, 11) is 1.47. The maximum absolute atomic E-state index is 14.9. The van der Waals surface area contributed by atoms with Crippen molar-refractivity contribution in [3.63, 3.8) is 0 Å². The predicted molar refractivity (Wildman–Crippen MR) is 123 cm³/mol. The fraction of sp³-hybridized carbons (Fsp3) is 0.364. The van der Waals surface area contributed by atoms with Crippen LogP contribution in [0.5, 0.6) is 5.88 Å². The van der Waals surface area contributed by atoms with Crippen molar-refractivity contribution in [2.24, 2.45) is 5.92 Å². The molecule has 3 aromatic heterocycles. The molecule has 3 heterocycles. The van der Waals surface area contributed by atoms with Gasteiger partial charge in [0.05, 0.1) is 43.0 Å². The molecule has 3 aromatic rings. The third-order valence-electron chi connectivity index (χ3n) is 5.87. The number of anilines is 3. The Morgan fingerprint density at radius 1 is 1.31 bits per heavy atom. The van der Waals surface area contributed by atoms with Crippen molar-refractivity contribution in [1.29, 1.82) is 5.26 Å². The third kappa shape index (κ3) is 5.21. The molecule has 182 valence electrons. The lowest BCUT2D eigenvalue weighted by molar-refractivity contribution is 0.180. The number of pyridine rings is 2. The quantitative estimate of drug-likeness (QED) is 0.357. The standard InChI is InChI=1S/C22H24FN9O3/c1-12(28-22(33)34)18(13-4-3-5-13)30-20-16(23)8-14(10-24)19(31-20)29-15-9-17(21(35-2)25-11-15)32-26-6-7-27-32/h6-9,11-13,18,28H,3-5H2,1-2H3,(H,33,34)(H2,29,30,31)/t12-,18+/m0/s1. The van der Waals surface area contributed by atoms with Crippen molar-refractivity contribution in [1.82, 2.24) is 30.3 Å². The number of hydrogen-bond donors (Lipinski definition) is 4. The van der Waals surface area contributed by atoms with Crippen LogP contribution in [0.3, 0.4) is 0 Å². The highest BCUT2D eigenvalue weighted by Gasteiger charge is 2.33. The molecule has 0 aromatic carbocycles. The number of carbonyl (C=O) groups is 1. The van der Waals surface area contributed by atoms with Crippen LogP contribution in [0.4, 0.5) is 26.5 Å². The van der Waals surface area contributed by atoms with E-state index < -0.39 is 18.0 Å². The van der Waals surface area contributed by atoms with E-state index in [1.54, 1.807) is 13.0 Å². The normalized spacial score (nSPS) is 14.8. The maximum Gasteiger partial charge on any atom is 0.404 e. The maximum atomic E-state index is 14.9. The molecule has 0 saturated heterocycles. The molecular weight excluding hydrogens is 457 g/mol. The second kappa shape index (κ2) is 10.2. The second-order valence-electron chi connectivity index (χ2n) is 8.12. The van der Waals surface area contributed by atoms with Gasteiger partial charge in [-0.25, -0.2) is 19.2 Å². The van der Waals surface area contributed by atoms with Gasteiger partial charge in [-0.2, -0.15) is 15.5 Å². The van der Waals surface area contributed by atoms with E-state index in [1.807, 2.05) is 6.07 Å². The molecule has 1 fully saturated rings. The Morgan fingerprint density at radius 3 is 2.66 bits per heavy atom. The number of amides is 1. The molecule has 2 atom stereocenters. The van der Waals surface area contributed by atoms with Crippen LogP contribution >= 0.6 is 0 Å². The number of ether oxygens (including phenoxy) is 1. The van der Waals surface area contributed by atoms with E-state index in [4.69, 9.17) is 9.84 Å². The molecule has 0 aliphatic heterocycles. The summed E-state index contributed by atoms with van der Waals surface area (Å²) in [4.78, 5) is 21.0. The van der Waals surface area contributed by atoms with E-state index in [1.165, 1.54) is 30.5 Å². The summed E-state index contributed by atoms with van der Waals surface area (Å²) < 4.78 is 20.2. The highest BCUT2D eigenvalue weighted by molar-refractivity contribution is 5.67. The summed E-state index contributed by atoms with van der Waals surface area (Å²) in [6.45, 7) is 1.72. The minimum Gasteiger partial charge on any atom is -0.479 e. The summed E-state index contributed by atoms with van der Waals surface area (Å²) in [5.41, 5.74) is 0.871. The number of nitriles is 1. The summed E-state index contributed by atoms with van der Waals surface area (Å²) in [5, 5.41) is 35.4. The Hall–Kier alpha value is -4.47. The summed E-state index contributed by atoms with van der Waals surface area (Å²) >= 11 is 0. The van der Waals surface area contributed by atoms with E-state index in [9.17, 15) is 14.4 Å². The van der Waals surface area contributed by atoms with Crippen LogP contribution < -0.4 is 20.7 Å². The zero-order chi connectivity index (χ0) is 24.9. The molecule has 0 spiro atoms. The number of aromatic nitrogens is 5. The Kier molecular flexibility index (Phi) is 6.91. The van der Waals surface area contributed by atoms with E-state index in [0.29, 0.717) is 11.4 Å². The van der Waals surface area contributed by atoms with Crippen molar-refractivity contribution in [3.8, 4) is 17.6 Å². The monoisotopic (exact) mass is 481 g/mol. The van der Waals surface area contributed by atoms with Gasteiger partial charge in [0, 0.05) is 6.04 Å². The van der Waals surface area contributed by atoms with Gasteiger partial charge in [0.25, 0.3) is 0 Å². The Bertz CT molecular complexity index is 1240. The van der Waals surface area contributed by atoms with E-state index in [0.717, 1.165) is 25.3 Å². The van der Waals surface area contributed by atoms with Gasteiger partial charge >= 0.3 is 6.09 Å². The fourth-order valence-corrected chi connectivity index (χ4v) is 3.95. The van der Waals surface area contributed by atoms with Crippen LogP contribution in [0.2, 0.25) is 0 Å². The summed E-state index contributed by atoms with van der Waals surface area (Å²) in [6, 6.07) is 3.82. The van der Waals surface area contributed by atoms with Crippen molar-refractivity contribution in [3.05, 3.63) is 42.1 Å². The molecule has 1 amide bonds. The minimum atomic E-state index is -1.16. The molecule has 1 aliphatic carbocycles. The Balaban J connectivity index is 1.64. The van der Waals surface area contributed by atoms with Gasteiger partial charge in [-0.05, 0) is 37.8 Å². The van der Waals surface area contributed by atoms with Crippen LogP contribution in [-0.4, -0.2) is 55.4 Å². The van der Waals surface area contributed by atoms with Gasteiger partial charge in [0.1, 0.15) is 11.8 Å². The van der Waals surface area contributed by atoms with Gasteiger partial charge in [-0.3, -0.25) is 0 Å². The first-order valence-corrected chi connectivity index (χ1v) is 10.9. The number of rotatable bonds is 9. The van der Waals surface area contributed by atoms with Crippen LogP contribution in [0.15, 0.2) is 30.7 Å². The molecule has 1 aliphatic rings. The number of methoxy groups -OCH3 is 1. The molecule has 4 rings (SSSR count). The van der Waals surface area contributed by atoms with E-state index >= 15 is 0 Å². The first-order valence-electron chi connectivity index (χ1n) is 10.9. The second-order valence-corrected chi connectivity index (χ2v) is 8.12. The zero-order valence-corrected chi connectivity index (χ0v) is 19.1. The molecule has 0 unspecified atom stereocenters. The summed E-state index contributed by atoms with van der Waals surface area (Å²) in [6.07, 6.45) is 6.14. The van der Waals surface area contributed by atoms with E-state index in [-0.39, 0.29) is 35.0 Å². The largest absolute Gasteiger partial charge is 0.479 e. The van der Waals surface area contributed by atoms with Crippen LogP contribution in [0.25, 0.3) is 5.69 Å². The van der Waals surface area contributed by atoms with Crippen molar-refractivity contribution in [2.75, 3.05) is 17.7 Å². The van der Waals surface area contributed by atoms with Crippen molar-refractivity contribution >= 4 is 23.4 Å². The number of halogens is 1. The van der Waals surface area contributed by atoms with Crippen LogP contribution in [0.1, 0.15) is 31.7 Å². The van der Waals surface area contributed by atoms with Gasteiger partial charge < -0.3 is 25.8 Å². The third-order valence-corrected chi connectivity index (χ3v) is 5.87. The topological polar surface area (TPSA) is 163 Å². The van der Waals surface area contributed by atoms with Crippen LogP contribution in [0, 0.1) is 23.1 Å². The molecule has 4 N–H and O–H groups in total. The lowest BCUT2D eigenvalue weighted by Gasteiger charge is -2.38. The van der Waals surface area contributed by atoms with Crippen molar-refractivity contribution in [2.45, 2.75) is 38.3 Å². The molecule has 13 heteroatoms. The first-order chi connectivity index (χ1) is 16.9. The van der Waals surface area contributed by atoms with Crippen LogP contribution in [-0.2, 0) is 0 Å². The number of nitrogens with zero attached hydrogens (tertiary/aromatic N) is 6. The Labute approximate surface area is 200 Å². The number of carboxylic acid groups (broad SMARTS) is 1. The SMILES string of the molecule is COc1ncc(Nc2nc(N[C@@H](C3CCC3)[C@H](C)NC(=O)O)c(F)cc2C#N)cc1-n1nccn1. The highest BCUT2D eigenvalue weighted by atomic mass is 19.1. The van der Waals surface area contributed by atoms with Gasteiger partial charge in [-0.15, -0.1) is 4.80 Å².